The molecule has 2 heteroatoms. The van der Waals surface area contributed by atoms with Crippen LogP contribution in [-0.4, -0.2) is 6.84 Å². The minimum Gasteiger partial charge on any atom is -0.0792 e. The number of halogens is 2. The zero-order chi connectivity index (χ0) is 14.3. The van der Waals surface area contributed by atoms with Crippen LogP contribution in [0.2, 0.25) is 0 Å². The molecule has 0 spiro atoms. The van der Waals surface area contributed by atoms with Gasteiger partial charge in [-0.05, 0) is 68.6 Å². The second kappa shape index (κ2) is 5.92. The SMILES string of the molecule is CC1(I)CCC(C(C)(C)C2CCC(C)(I)CC2)CC1. The minimum absolute atomic E-state index is 0.570. The predicted molar refractivity (Wildman–Crippen MR) is 103 cm³/mol. The van der Waals surface area contributed by atoms with E-state index in [1.807, 2.05) is 0 Å². The smallest absolute Gasteiger partial charge is 0.0194 e. The van der Waals surface area contributed by atoms with Gasteiger partial charge in [0.1, 0.15) is 0 Å². The van der Waals surface area contributed by atoms with Gasteiger partial charge in [-0.25, -0.2) is 0 Å². The maximum atomic E-state index is 2.69. The second-order valence-corrected chi connectivity index (χ2v) is 13.4. The molecular formula is C17H30I2. The van der Waals surface area contributed by atoms with Crippen LogP contribution in [0.25, 0.3) is 0 Å². The Bertz CT molecular complexity index is 267. The fourth-order valence-corrected chi connectivity index (χ4v) is 5.51. The van der Waals surface area contributed by atoms with Crippen LogP contribution < -0.4 is 0 Å². The Morgan fingerprint density at radius 2 is 1.00 bits per heavy atom. The van der Waals surface area contributed by atoms with Gasteiger partial charge in [0.05, 0.1) is 0 Å². The molecule has 112 valence electrons. The maximum absolute atomic E-state index is 2.69. The van der Waals surface area contributed by atoms with E-state index in [1.165, 1.54) is 51.4 Å². The summed E-state index contributed by atoms with van der Waals surface area (Å²) in [6, 6.07) is 0. The van der Waals surface area contributed by atoms with E-state index in [9.17, 15) is 0 Å². The molecule has 0 bridgehead atoms. The molecule has 0 radical (unpaired) electrons. The van der Waals surface area contributed by atoms with E-state index in [2.05, 4.69) is 72.9 Å². The third kappa shape index (κ3) is 4.23. The molecule has 2 aliphatic rings. The van der Waals surface area contributed by atoms with Gasteiger partial charge < -0.3 is 0 Å². The molecule has 2 rings (SSSR count). The molecule has 0 heterocycles. The van der Waals surface area contributed by atoms with Gasteiger partial charge >= 0.3 is 0 Å². The summed E-state index contributed by atoms with van der Waals surface area (Å²) in [4.78, 5) is 0. The van der Waals surface area contributed by atoms with E-state index < -0.39 is 0 Å². The molecule has 0 N–H and O–H groups in total. The standard InChI is InChI=1S/C17H30I2/c1-15(2,13-5-9-16(3,18)10-6-13)14-7-11-17(4,19)12-8-14/h13-14H,5-12H2,1-4H3. The van der Waals surface area contributed by atoms with E-state index in [0.29, 0.717) is 12.3 Å². The highest BCUT2D eigenvalue weighted by Crippen LogP contribution is 2.53. The number of hydrogen-bond acceptors (Lipinski definition) is 0. The van der Waals surface area contributed by atoms with E-state index in [4.69, 9.17) is 0 Å². The molecule has 0 unspecified atom stereocenters. The fraction of sp³-hybridized carbons (Fsp3) is 1.00. The molecule has 2 saturated carbocycles. The lowest BCUT2D eigenvalue weighted by molar-refractivity contribution is 0.0513. The van der Waals surface area contributed by atoms with E-state index in [-0.39, 0.29) is 0 Å². The summed E-state index contributed by atoms with van der Waals surface area (Å²) in [5.74, 6) is 1.94. The molecule has 0 nitrogen and oxygen atoms in total. The van der Waals surface area contributed by atoms with Gasteiger partial charge in [0.15, 0.2) is 0 Å². The summed E-state index contributed by atoms with van der Waals surface area (Å²) < 4.78 is 1.16. The van der Waals surface area contributed by atoms with Crippen molar-refractivity contribution in [1.29, 1.82) is 0 Å². The Labute approximate surface area is 147 Å². The average molecular weight is 488 g/mol. The molecule has 0 amide bonds. The first kappa shape index (κ1) is 16.8. The third-order valence-corrected chi connectivity index (χ3v) is 8.32. The first-order valence-corrected chi connectivity index (χ1v) is 10.2. The van der Waals surface area contributed by atoms with Gasteiger partial charge in [-0.2, -0.15) is 0 Å². The van der Waals surface area contributed by atoms with Crippen LogP contribution in [0, 0.1) is 17.3 Å². The van der Waals surface area contributed by atoms with Crippen molar-refractivity contribution in [2.24, 2.45) is 17.3 Å². The molecule has 2 fully saturated rings. The zero-order valence-corrected chi connectivity index (χ0v) is 17.4. The minimum atomic E-state index is 0.570. The molecule has 0 saturated heterocycles. The van der Waals surface area contributed by atoms with Crippen molar-refractivity contribution in [2.45, 2.75) is 85.9 Å². The fourth-order valence-electron chi connectivity index (χ4n) is 4.26. The Morgan fingerprint density at radius 3 is 1.26 bits per heavy atom. The van der Waals surface area contributed by atoms with Crippen LogP contribution in [0.15, 0.2) is 0 Å². The van der Waals surface area contributed by atoms with E-state index >= 15 is 0 Å². The Hall–Kier alpha value is 1.46. The Morgan fingerprint density at radius 1 is 0.737 bits per heavy atom. The summed E-state index contributed by atoms with van der Waals surface area (Å²) in [5, 5.41) is 0. The Kier molecular flexibility index (Phi) is 5.24. The summed E-state index contributed by atoms with van der Waals surface area (Å²) in [7, 11) is 0. The lowest BCUT2D eigenvalue weighted by Crippen LogP contribution is -2.40. The molecule has 2 aliphatic carbocycles. The maximum Gasteiger partial charge on any atom is 0.0194 e. The molecule has 0 aromatic rings. The first-order valence-electron chi connectivity index (χ1n) is 8.00. The van der Waals surface area contributed by atoms with Crippen LogP contribution in [0.1, 0.15) is 79.1 Å². The quantitative estimate of drug-likeness (QED) is 0.297. The third-order valence-electron chi connectivity index (χ3n) is 6.16. The summed E-state index contributed by atoms with van der Waals surface area (Å²) in [6.07, 6.45) is 11.6. The topological polar surface area (TPSA) is 0 Å². The van der Waals surface area contributed by atoms with Crippen molar-refractivity contribution < 1.29 is 0 Å². The van der Waals surface area contributed by atoms with Crippen molar-refractivity contribution in [3.05, 3.63) is 0 Å². The van der Waals surface area contributed by atoms with Crippen molar-refractivity contribution in [3.8, 4) is 0 Å². The molecule has 19 heavy (non-hydrogen) atoms. The van der Waals surface area contributed by atoms with E-state index in [0.717, 1.165) is 11.8 Å². The predicted octanol–water partition coefficient (Wildman–Crippen LogP) is 6.78. The number of hydrogen-bond donors (Lipinski definition) is 0. The molecular weight excluding hydrogens is 458 g/mol. The monoisotopic (exact) mass is 488 g/mol. The van der Waals surface area contributed by atoms with Gasteiger partial charge in [-0.1, -0.05) is 72.9 Å². The first-order chi connectivity index (χ1) is 8.62. The second-order valence-electron chi connectivity index (χ2n) is 8.20. The molecule has 0 aliphatic heterocycles. The largest absolute Gasteiger partial charge is 0.0792 e. The van der Waals surface area contributed by atoms with Crippen molar-refractivity contribution >= 4 is 45.2 Å². The van der Waals surface area contributed by atoms with Gasteiger partial charge in [0, 0.05) is 6.84 Å². The highest BCUT2D eigenvalue weighted by molar-refractivity contribution is 14.1. The van der Waals surface area contributed by atoms with Gasteiger partial charge in [0.2, 0.25) is 0 Å². The van der Waals surface area contributed by atoms with Gasteiger partial charge in [-0.3, -0.25) is 0 Å². The normalized spacial score (nSPS) is 45.2. The zero-order valence-electron chi connectivity index (χ0n) is 13.1. The lowest BCUT2D eigenvalue weighted by atomic mass is 9.59. The lowest BCUT2D eigenvalue weighted by Gasteiger charge is -2.48. The highest BCUT2D eigenvalue weighted by atomic mass is 127. The van der Waals surface area contributed by atoms with Crippen LogP contribution in [-0.2, 0) is 0 Å². The van der Waals surface area contributed by atoms with Crippen molar-refractivity contribution in [2.75, 3.05) is 0 Å². The van der Waals surface area contributed by atoms with Gasteiger partial charge in [0.25, 0.3) is 0 Å². The highest BCUT2D eigenvalue weighted by Gasteiger charge is 2.43. The number of rotatable bonds is 2. The molecule has 0 aromatic carbocycles. The van der Waals surface area contributed by atoms with Crippen LogP contribution in [0.4, 0.5) is 0 Å². The Balaban J connectivity index is 1.95. The number of alkyl halides is 2. The summed E-state index contributed by atoms with van der Waals surface area (Å²) >= 11 is 5.37. The van der Waals surface area contributed by atoms with Crippen LogP contribution >= 0.6 is 45.2 Å². The summed E-state index contributed by atoms with van der Waals surface area (Å²) in [6.45, 7) is 10.0. The van der Waals surface area contributed by atoms with Crippen LogP contribution in [0.5, 0.6) is 0 Å². The molecule has 0 atom stereocenters. The van der Waals surface area contributed by atoms with E-state index in [1.54, 1.807) is 0 Å². The summed E-state index contributed by atoms with van der Waals surface area (Å²) in [5.41, 5.74) is 0.570. The molecule has 0 aromatic heterocycles. The van der Waals surface area contributed by atoms with Crippen molar-refractivity contribution in [3.63, 3.8) is 0 Å². The average Bonchev–Trinajstić information content (AvgIpc) is 2.27. The van der Waals surface area contributed by atoms with Gasteiger partial charge in [-0.15, -0.1) is 0 Å². The van der Waals surface area contributed by atoms with Crippen molar-refractivity contribution in [1.82, 2.24) is 0 Å². The van der Waals surface area contributed by atoms with Crippen LogP contribution in [0.3, 0.4) is 0 Å².